The quantitative estimate of drug-likeness (QED) is 0.219. The van der Waals surface area contributed by atoms with Crippen molar-refractivity contribution in [2.45, 2.75) is 13.0 Å². The molecular formula is C34H27ClN2O5S. The molecule has 0 aliphatic carbocycles. The molecule has 6 rings (SSSR count). The number of methoxy groups -OCH3 is 2. The molecule has 0 saturated heterocycles. The fourth-order valence-electron chi connectivity index (χ4n) is 5.41. The van der Waals surface area contributed by atoms with Gasteiger partial charge < -0.3 is 14.2 Å². The maximum atomic E-state index is 14.4. The lowest BCUT2D eigenvalue weighted by Gasteiger charge is -2.28. The maximum absolute atomic E-state index is 14.4. The van der Waals surface area contributed by atoms with Crippen molar-refractivity contribution in [2.75, 3.05) is 20.8 Å². The maximum Gasteiger partial charge on any atom is 0.338 e. The summed E-state index contributed by atoms with van der Waals surface area (Å²) >= 11 is 7.52. The van der Waals surface area contributed by atoms with E-state index in [9.17, 15) is 9.59 Å². The van der Waals surface area contributed by atoms with E-state index < -0.39 is 12.0 Å². The van der Waals surface area contributed by atoms with Gasteiger partial charge in [0.1, 0.15) is 17.5 Å². The monoisotopic (exact) mass is 610 g/mol. The molecule has 0 bridgehead atoms. The Morgan fingerprint density at radius 2 is 1.70 bits per heavy atom. The van der Waals surface area contributed by atoms with Crippen LogP contribution in [0.4, 0.5) is 0 Å². The topological polar surface area (TPSA) is 79.1 Å². The summed E-state index contributed by atoms with van der Waals surface area (Å²) in [5.74, 6) is 0.543. The number of halogens is 1. The third kappa shape index (κ3) is 5.13. The predicted molar refractivity (Wildman–Crippen MR) is 170 cm³/mol. The van der Waals surface area contributed by atoms with Crippen molar-refractivity contribution in [3.63, 3.8) is 0 Å². The first-order chi connectivity index (χ1) is 20.9. The molecule has 1 aliphatic rings. The summed E-state index contributed by atoms with van der Waals surface area (Å²) in [6.45, 7) is 1.91. The van der Waals surface area contributed by atoms with Crippen molar-refractivity contribution in [3.05, 3.63) is 132 Å². The van der Waals surface area contributed by atoms with Crippen LogP contribution in [0.2, 0.25) is 5.02 Å². The van der Waals surface area contributed by atoms with Gasteiger partial charge in [-0.05, 0) is 48.0 Å². The Bertz CT molecular complexity index is 2080. The zero-order chi connectivity index (χ0) is 30.1. The van der Waals surface area contributed by atoms with Gasteiger partial charge in [-0.2, -0.15) is 0 Å². The van der Waals surface area contributed by atoms with Crippen molar-refractivity contribution in [3.8, 4) is 11.5 Å². The molecule has 0 spiro atoms. The van der Waals surface area contributed by atoms with Crippen LogP contribution in [-0.4, -0.2) is 31.4 Å². The lowest BCUT2D eigenvalue weighted by atomic mass is 9.89. The number of nitrogens with zero attached hydrogens (tertiary/aromatic N) is 2. The van der Waals surface area contributed by atoms with Crippen LogP contribution in [0.5, 0.6) is 11.5 Å². The lowest BCUT2D eigenvalue weighted by Crippen LogP contribution is -2.40. The highest BCUT2D eigenvalue weighted by Crippen LogP contribution is 2.42. The summed E-state index contributed by atoms with van der Waals surface area (Å²) in [6.07, 6.45) is 1.74. The number of rotatable bonds is 7. The molecule has 9 heteroatoms. The predicted octanol–water partition coefficient (Wildman–Crippen LogP) is 5.76. The van der Waals surface area contributed by atoms with Gasteiger partial charge in [-0.3, -0.25) is 9.36 Å². The molecule has 4 aromatic carbocycles. The highest BCUT2D eigenvalue weighted by Gasteiger charge is 2.37. The first-order valence-corrected chi connectivity index (χ1v) is 14.8. The smallest absolute Gasteiger partial charge is 0.338 e. The van der Waals surface area contributed by atoms with Crippen LogP contribution in [0, 0.1) is 0 Å². The van der Waals surface area contributed by atoms with Crippen LogP contribution in [-0.2, 0) is 9.53 Å². The van der Waals surface area contributed by atoms with E-state index >= 15 is 0 Å². The van der Waals surface area contributed by atoms with Crippen molar-refractivity contribution < 1.29 is 19.0 Å². The van der Waals surface area contributed by atoms with Crippen LogP contribution < -0.4 is 24.4 Å². The Kier molecular flexibility index (Phi) is 7.88. The molecule has 0 radical (unpaired) electrons. The Balaban J connectivity index is 1.75. The number of thiazole rings is 1. The summed E-state index contributed by atoms with van der Waals surface area (Å²) in [4.78, 5) is 33.7. The highest BCUT2D eigenvalue weighted by molar-refractivity contribution is 7.07. The molecule has 7 nitrogen and oxygen atoms in total. The van der Waals surface area contributed by atoms with Crippen molar-refractivity contribution in [1.29, 1.82) is 0 Å². The Labute approximate surface area is 256 Å². The zero-order valence-corrected chi connectivity index (χ0v) is 25.2. The number of aromatic nitrogens is 1. The zero-order valence-electron chi connectivity index (χ0n) is 23.7. The third-order valence-electron chi connectivity index (χ3n) is 7.28. The molecule has 0 fully saturated rings. The minimum Gasteiger partial charge on any atom is -0.496 e. The van der Waals surface area contributed by atoms with Crippen LogP contribution in [0.3, 0.4) is 0 Å². The van der Waals surface area contributed by atoms with Gasteiger partial charge in [0, 0.05) is 21.7 Å². The van der Waals surface area contributed by atoms with E-state index in [1.165, 1.54) is 11.3 Å². The van der Waals surface area contributed by atoms with E-state index in [1.54, 1.807) is 50.0 Å². The second-order valence-electron chi connectivity index (χ2n) is 9.72. The Morgan fingerprint density at radius 1 is 0.977 bits per heavy atom. The van der Waals surface area contributed by atoms with Gasteiger partial charge in [0.05, 0.1) is 36.6 Å². The SMILES string of the molecule is CCOC(=O)C1=C(c2ccccc2)N=c2s/c(=C/c3cc(Cl)ccc3OC)c(=O)n2[C@@H]1c1c(OC)ccc2ccccc12. The molecule has 0 saturated carbocycles. The van der Waals surface area contributed by atoms with Crippen LogP contribution in [0.25, 0.3) is 22.5 Å². The van der Waals surface area contributed by atoms with Crippen LogP contribution >= 0.6 is 22.9 Å². The number of carbonyl (C=O) groups is 1. The van der Waals surface area contributed by atoms with E-state index in [4.69, 9.17) is 30.8 Å². The summed E-state index contributed by atoms with van der Waals surface area (Å²) < 4.78 is 19.0. The van der Waals surface area contributed by atoms with Crippen LogP contribution in [0.15, 0.2) is 100 Å². The summed E-state index contributed by atoms with van der Waals surface area (Å²) in [7, 11) is 3.14. The van der Waals surface area contributed by atoms with Crippen molar-refractivity contribution >= 4 is 51.5 Å². The van der Waals surface area contributed by atoms with Gasteiger partial charge in [0.2, 0.25) is 0 Å². The summed E-state index contributed by atoms with van der Waals surface area (Å²) in [5, 5.41) is 2.29. The number of ether oxygens (including phenoxy) is 3. The van der Waals surface area contributed by atoms with Gasteiger partial charge in [-0.1, -0.05) is 83.6 Å². The molecular weight excluding hydrogens is 584 g/mol. The van der Waals surface area contributed by atoms with E-state index in [0.717, 1.165) is 16.3 Å². The molecule has 0 N–H and O–H groups in total. The molecule has 216 valence electrons. The van der Waals surface area contributed by atoms with E-state index in [0.29, 0.717) is 42.7 Å². The number of benzene rings is 4. The van der Waals surface area contributed by atoms with Crippen LogP contribution in [0.1, 0.15) is 29.7 Å². The van der Waals surface area contributed by atoms with Gasteiger partial charge in [0.25, 0.3) is 5.56 Å². The number of hydrogen-bond donors (Lipinski definition) is 0. The molecule has 1 aliphatic heterocycles. The first kappa shape index (κ1) is 28.5. The number of fused-ring (bicyclic) bond motifs is 2. The Morgan fingerprint density at radius 3 is 2.44 bits per heavy atom. The first-order valence-electron chi connectivity index (χ1n) is 13.6. The number of hydrogen-bond acceptors (Lipinski definition) is 7. The molecule has 2 heterocycles. The fraction of sp³-hybridized carbons (Fsp3) is 0.147. The minimum absolute atomic E-state index is 0.156. The van der Waals surface area contributed by atoms with Gasteiger partial charge in [-0.25, -0.2) is 9.79 Å². The second kappa shape index (κ2) is 11.9. The average Bonchev–Trinajstić information content (AvgIpc) is 3.34. The van der Waals surface area contributed by atoms with Crippen molar-refractivity contribution in [2.24, 2.45) is 4.99 Å². The summed E-state index contributed by atoms with van der Waals surface area (Å²) in [6, 6.07) is 25.4. The molecule has 1 aromatic heterocycles. The Hall–Kier alpha value is -4.66. The summed E-state index contributed by atoms with van der Waals surface area (Å²) in [5.41, 5.74) is 2.41. The largest absolute Gasteiger partial charge is 0.496 e. The average molecular weight is 611 g/mol. The third-order valence-corrected chi connectivity index (χ3v) is 8.49. The van der Waals surface area contributed by atoms with E-state index in [1.807, 2.05) is 66.7 Å². The fourth-order valence-corrected chi connectivity index (χ4v) is 6.58. The second-order valence-corrected chi connectivity index (χ2v) is 11.2. The van der Waals surface area contributed by atoms with Gasteiger partial charge in [-0.15, -0.1) is 0 Å². The molecule has 5 aromatic rings. The normalized spacial score (nSPS) is 14.8. The minimum atomic E-state index is -0.894. The van der Waals surface area contributed by atoms with E-state index in [-0.39, 0.29) is 17.7 Å². The van der Waals surface area contributed by atoms with Gasteiger partial charge >= 0.3 is 5.97 Å². The highest BCUT2D eigenvalue weighted by atomic mass is 35.5. The number of esters is 1. The van der Waals surface area contributed by atoms with Gasteiger partial charge in [0.15, 0.2) is 4.80 Å². The van der Waals surface area contributed by atoms with Crippen molar-refractivity contribution in [1.82, 2.24) is 4.57 Å². The lowest BCUT2D eigenvalue weighted by molar-refractivity contribution is -0.138. The molecule has 1 atom stereocenters. The number of carbonyl (C=O) groups excluding carboxylic acids is 1. The molecule has 0 unspecified atom stereocenters. The standard InChI is InChI=1S/C34H27ClN2O5S/c1-4-42-33(39)29-30(21-11-6-5-7-12-21)36-34-37(31(29)28-24-13-9-8-10-20(24)14-16-26(28)41-3)32(38)27(43-34)19-22-18-23(35)15-17-25(22)40-2/h5-19,31H,4H2,1-3H3/b27-19+/t31-/m1/s1. The molecule has 43 heavy (non-hydrogen) atoms. The van der Waals surface area contributed by atoms with E-state index in [2.05, 4.69) is 0 Å². The molecule has 0 amide bonds.